The fraction of sp³-hybridized carbons (Fsp3) is 0.526. The van der Waals surface area contributed by atoms with Crippen LogP contribution in [0.5, 0.6) is 0 Å². The van der Waals surface area contributed by atoms with E-state index in [1.54, 1.807) is 4.90 Å². The van der Waals surface area contributed by atoms with E-state index in [9.17, 15) is 24.5 Å². The van der Waals surface area contributed by atoms with Crippen LogP contribution in [-0.4, -0.2) is 46.8 Å². The van der Waals surface area contributed by atoms with Crippen molar-refractivity contribution in [1.29, 1.82) is 0 Å². The summed E-state index contributed by atoms with van der Waals surface area (Å²) >= 11 is 0. The van der Waals surface area contributed by atoms with Crippen LogP contribution >= 0.6 is 0 Å². The molecule has 0 unspecified atom stereocenters. The molecule has 2 amide bonds. The van der Waals surface area contributed by atoms with Crippen molar-refractivity contribution >= 4 is 29.2 Å². The first-order valence-corrected chi connectivity index (χ1v) is 9.39. The molecule has 0 aromatic heterocycles. The number of carbonyl (C=O) groups excluding carboxylic acids is 3. The number of nitro groups is 1. The molecule has 1 saturated heterocycles. The number of hydrogen-bond donors (Lipinski definition) is 1. The first kappa shape index (κ1) is 19.8. The largest absolute Gasteiger partial charge is 0.452 e. The molecule has 0 spiro atoms. The quantitative estimate of drug-likeness (QED) is 0.452. The number of nitro benzene ring substituents is 1. The van der Waals surface area contributed by atoms with Crippen LogP contribution in [0.2, 0.25) is 0 Å². The van der Waals surface area contributed by atoms with Gasteiger partial charge in [-0.3, -0.25) is 24.5 Å². The van der Waals surface area contributed by atoms with Crippen LogP contribution in [-0.2, 0) is 19.1 Å². The van der Waals surface area contributed by atoms with E-state index in [0.717, 1.165) is 12.8 Å². The highest BCUT2D eigenvalue weighted by Crippen LogP contribution is 2.32. The molecule has 0 radical (unpaired) electrons. The third kappa shape index (κ3) is 4.85. The van der Waals surface area contributed by atoms with Crippen molar-refractivity contribution in [2.75, 3.05) is 18.4 Å². The van der Waals surface area contributed by atoms with Gasteiger partial charge in [-0.25, -0.2) is 0 Å². The standard InChI is InChI=1S/C19H23N3O6/c1-12(17(23)20-15-3-2-4-16(11-15)22(26)27)28-19(25)14-7-9-21(10-8-14)18(24)13-5-6-13/h2-4,11-14H,5-10H2,1H3,(H,20,23)/t12-/m0/s1. The molecule has 28 heavy (non-hydrogen) atoms. The fourth-order valence-electron chi connectivity index (χ4n) is 3.19. The molecule has 1 aromatic rings. The van der Waals surface area contributed by atoms with Gasteiger partial charge in [-0.05, 0) is 38.7 Å². The Labute approximate surface area is 162 Å². The Balaban J connectivity index is 1.47. The third-order valence-electron chi connectivity index (χ3n) is 5.05. The predicted molar refractivity (Wildman–Crippen MR) is 99.3 cm³/mol. The van der Waals surface area contributed by atoms with Gasteiger partial charge in [0.05, 0.1) is 10.8 Å². The number of rotatable bonds is 6. The number of likely N-dealkylation sites (tertiary alicyclic amines) is 1. The topological polar surface area (TPSA) is 119 Å². The van der Waals surface area contributed by atoms with Gasteiger partial charge in [-0.15, -0.1) is 0 Å². The first-order chi connectivity index (χ1) is 13.3. The molecule has 1 atom stereocenters. The molecule has 9 nitrogen and oxygen atoms in total. The Hall–Kier alpha value is -2.97. The molecule has 1 aliphatic heterocycles. The van der Waals surface area contributed by atoms with E-state index in [-0.39, 0.29) is 29.1 Å². The highest BCUT2D eigenvalue weighted by molar-refractivity contribution is 5.95. The average molecular weight is 389 g/mol. The van der Waals surface area contributed by atoms with Gasteiger partial charge in [0.1, 0.15) is 0 Å². The fourth-order valence-corrected chi connectivity index (χ4v) is 3.19. The lowest BCUT2D eigenvalue weighted by Gasteiger charge is -2.31. The number of nitrogens with zero attached hydrogens (tertiary/aromatic N) is 2. The molecule has 2 aliphatic rings. The molecule has 0 bridgehead atoms. The maximum absolute atomic E-state index is 12.3. The van der Waals surface area contributed by atoms with Crippen molar-refractivity contribution in [3.63, 3.8) is 0 Å². The number of amides is 2. The summed E-state index contributed by atoms with van der Waals surface area (Å²) in [5.74, 6) is -1.01. The number of nitrogens with one attached hydrogen (secondary N) is 1. The van der Waals surface area contributed by atoms with Gasteiger partial charge in [0.15, 0.2) is 6.10 Å². The van der Waals surface area contributed by atoms with Crippen LogP contribution in [0, 0.1) is 22.0 Å². The number of esters is 1. The second-order valence-corrected chi connectivity index (χ2v) is 7.25. The van der Waals surface area contributed by atoms with E-state index >= 15 is 0 Å². The van der Waals surface area contributed by atoms with Crippen LogP contribution in [0.1, 0.15) is 32.6 Å². The van der Waals surface area contributed by atoms with Gasteiger partial charge in [0, 0.05) is 36.8 Å². The van der Waals surface area contributed by atoms with Crippen molar-refractivity contribution in [2.45, 2.75) is 38.7 Å². The highest BCUT2D eigenvalue weighted by atomic mass is 16.6. The number of benzene rings is 1. The second kappa shape index (κ2) is 8.37. The van der Waals surface area contributed by atoms with Crippen molar-refractivity contribution in [2.24, 2.45) is 11.8 Å². The molecule has 1 aromatic carbocycles. The molecule has 3 rings (SSSR count). The number of carbonyl (C=O) groups is 3. The zero-order valence-corrected chi connectivity index (χ0v) is 15.6. The summed E-state index contributed by atoms with van der Waals surface area (Å²) in [6.07, 6.45) is 1.93. The summed E-state index contributed by atoms with van der Waals surface area (Å²) in [7, 11) is 0. The smallest absolute Gasteiger partial charge is 0.309 e. The monoisotopic (exact) mass is 389 g/mol. The van der Waals surface area contributed by atoms with Crippen LogP contribution in [0.25, 0.3) is 0 Å². The number of anilines is 1. The lowest BCUT2D eigenvalue weighted by atomic mass is 9.96. The minimum atomic E-state index is -1.03. The predicted octanol–water partition coefficient (Wildman–Crippen LogP) is 2.11. The summed E-state index contributed by atoms with van der Waals surface area (Å²) < 4.78 is 5.27. The SMILES string of the molecule is C[C@H](OC(=O)C1CCN(C(=O)C2CC2)CC1)C(=O)Nc1cccc([N+](=O)[O-])c1. The van der Waals surface area contributed by atoms with E-state index in [0.29, 0.717) is 25.9 Å². The van der Waals surface area contributed by atoms with Crippen LogP contribution < -0.4 is 5.32 Å². The van der Waals surface area contributed by atoms with E-state index in [1.807, 2.05) is 0 Å². The lowest BCUT2D eigenvalue weighted by molar-refractivity contribution is -0.384. The van der Waals surface area contributed by atoms with Gasteiger partial charge in [0.2, 0.25) is 5.91 Å². The first-order valence-electron chi connectivity index (χ1n) is 9.39. The van der Waals surface area contributed by atoms with Gasteiger partial charge in [-0.1, -0.05) is 6.07 Å². The summed E-state index contributed by atoms with van der Waals surface area (Å²) in [6, 6.07) is 5.53. The zero-order valence-electron chi connectivity index (χ0n) is 15.6. The van der Waals surface area contributed by atoms with Crippen molar-refractivity contribution in [3.05, 3.63) is 34.4 Å². The number of non-ortho nitro benzene ring substituents is 1. The zero-order chi connectivity index (χ0) is 20.3. The number of ether oxygens (including phenoxy) is 1. The summed E-state index contributed by atoms with van der Waals surface area (Å²) in [5.41, 5.74) is 0.115. The molecule has 1 aliphatic carbocycles. The number of hydrogen-bond acceptors (Lipinski definition) is 6. The maximum atomic E-state index is 12.3. The Morgan fingerprint density at radius 3 is 2.46 bits per heavy atom. The summed E-state index contributed by atoms with van der Waals surface area (Å²) in [4.78, 5) is 48.7. The number of piperidine rings is 1. The molecular weight excluding hydrogens is 366 g/mol. The Morgan fingerprint density at radius 2 is 1.86 bits per heavy atom. The Morgan fingerprint density at radius 1 is 1.18 bits per heavy atom. The minimum Gasteiger partial charge on any atom is -0.452 e. The third-order valence-corrected chi connectivity index (χ3v) is 5.05. The van der Waals surface area contributed by atoms with E-state index < -0.39 is 22.9 Å². The Bertz CT molecular complexity index is 784. The average Bonchev–Trinajstić information content (AvgIpc) is 3.53. The van der Waals surface area contributed by atoms with Gasteiger partial charge in [-0.2, -0.15) is 0 Å². The van der Waals surface area contributed by atoms with E-state index in [1.165, 1.54) is 31.2 Å². The van der Waals surface area contributed by atoms with Gasteiger partial charge >= 0.3 is 5.97 Å². The molecule has 150 valence electrons. The second-order valence-electron chi connectivity index (χ2n) is 7.25. The van der Waals surface area contributed by atoms with Crippen molar-refractivity contribution in [1.82, 2.24) is 4.90 Å². The Kier molecular flexibility index (Phi) is 5.91. The van der Waals surface area contributed by atoms with E-state index in [4.69, 9.17) is 4.74 Å². The normalized spacial score (nSPS) is 18.2. The van der Waals surface area contributed by atoms with Crippen molar-refractivity contribution in [3.8, 4) is 0 Å². The summed E-state index contributed by atoms with van der Waals surface area (Å²) in [6.45, 7) is 2.52. The summed E-state index contributed by atoms with van der Waals surface area (Å²) in [5, 5.41) is 13.3. The molecule has 2 fully saturated rings. The molecule has 9 heteroatoms. The van der Waals surface area contributed by atoms with Crippen LogP contribution in [0.3, 0.4) is 0 Å². The van der Waals surface area contributed by atoms with Gasteiger partial charge in [0.25, 0.3) is 11.6 Å². The minimum absolute atomic E-state index is 0.144. The highest BCUT2D eigenvalue weighted by Gasteiger charge is 2.36. The van der Waals surface area contributed by atoms with E-state index in [2.05, 4.69) is 5.32 Å². The van der Waals surface area contributed by atoms with Crippen LogP contribution in [0.15, 0.2) is 24.3 Å². The molecule has 1 N–H and O–H groups in total. The van der Waals surface area contributed by atoms with Crippen molar-refractivity contribution < 1.29 is 24.0 Å². The molecule has 1 saturated carbocycles. The lowest BCUT2D eigenvalue weighted by Crippen LogP contribution is -2.42. The van der Waals surface area contributed by atoms with Crippen LogP contribution in [0.4, 0.5) is 11.4 Å². The van der Waals surface area contributed by atoms with Gasteiger partial charge < -0.3 is 15.0 Å². The molecule has 1 heterocycles. The maximum Gasteiger partial charge on any atom is 0.309 e. The molecular formula is C19H23N3O6.